The lowest BCUT2D eigenvalue weighted by Crippen LogP contribution is -2.31. The number of aromatic nitrogens is 2. The van der Waals surface area contributed by atoms with Crippen molar-refractivity contribution < 1.29 is 9.53 Å². The monoisotopic (exact) mass is 265 g/mol. The number of ether oxygens (including phenoxy) is 1. The third-order valence-corrected chi connectivity index (χ3v) is 2.98. The number of hydrogen-bond donors (Lipinski definition) is 2. The van der Waals surface area contributed by atoms with Crippen molar-refractivity contribution in [3.63, 3.8) is 0 Å². The molecule has 104 valence electrons. The smallest absolute Gasteiger partial charge is 0.244 e. The van der Waals surface area contributed by atoms with Crippen molar-refractivity contribution in [2.45, 2.75) is 26.0 Å². The number of nitrogens with two attached hydrogens (primary N) is 1. The summed E-state index contributed by atoms with van der Waals surface area (Å²) in [6.07, 6.45) is 0.764. The Morgan fingerprint density at radius 3 is 3.00 bits per heavy atom. The topological polar surface area (TPSA) is 93.4 Å². The average molecular weight is 265 g/mol. The molecular formula is C12H19N5O2. The molecule has 7 nitrogen and oxygen atoms in total. The molecule has 2 heterocycles. The zero-order valence-electron chi connectivity index (χ0n) is 11.2. The van der Waals surface area contributed by atoms with E-state index in [2.05, 4.69) is 15.3 Å². The summed E-state index contributed by atoms with van der Waals surface area (Å²) in [5, 5.41) is 3.10. The van der Waals surface area contributed by atoms with E-state index < -0.39 is 0 Å². The van der Waals surface area contributed by atoms with E-state index in [4.69, 9.17) is 10.5 Å². The minimum atomic E-state index is -0.237. The molecule has 0 aromatic carbocycles. The van der Waals surface area contributed by atoms with Crippen LogP contribution in [0.5, 0.6) is 0 Å². The molecule has 0 bridgehead atoms. The van der Waals surface area contributed by atoms with Crippen molar-refractivity contribution in [1.82, 2.24) is 14.9 Å². The van der Waals surface area contributed by atoms with Crippen LogP contribution in [0.3, 0.4) is 0 Å². The van der Waals surface area contributed by atoms with Crippen molar-refractivity contribution in [3.8, 4) is 0 Å². The molecule has 19 heavy (non-hydrogen) atoms. The van der Waals surface area contributed by atoms with Crippen LogP contribution < -0.4 is 11.1 Å². The maximum atomic E-state index is 11.8. The molecule has 1 aromatic heterocycles. The number of carbonyl (C=O) groups is 1. The predicted octanol–water partition coefficient (Wildman–Crippen LogP) is 0.238. The molecule has 1 aromatic rings. The van der Waals surface area contributed by atoms with Gasteiger partial charge in [0.15, 0.2) is 5.82 Å². The Morgan fingerprint density at radius 1 is 1.58 bits per heavy atom. The Morgan fingerprint density at radius 2 is 2.37 bits per heavy atom. The third-order valence-electron chi connectivity index (χ3n) is 2.98. The first kappa shape index (κ1) is 13.5. The Kier molecular flexibility index (Phi) is 4.16. The fraction of sp³-hybridized carbons (Fsp3) is 0.583. The highest BCUT2D eigenvalue weighted by molar-refractivity contribution is 5.86. The average Bonchev–Trinajstić information content (AvgIpc) is 2.68. The molecule has 0 saturated carbocycles. The van der Waals surface area contributed by atoms with E-state index in [1.807, 2.05) is 6.92 Å². The van der Waals surface area contributed by atoms with Crippen LogP contribution in [0.25, 0.3) is 0 Å². The van der Waals surface area contributed by atoms with Gasteiger partial charge < -0.3 is 20.7 Å². The van der Waals surface area contributed by atoms with Crippen molar-refractivity contribution in [3.05, 3.63) is 11.9 Å². The molecule has 1 unspecified atom stereocenters. The fourth-order valence-corrected chi connectivity index (χ4v) is 1.98. The molecule has 0 spiro atoms. The van der Waals surface area contributed by atoms with Crippen LogP contribution in [-0.2, 0) is 16.1 Å². The summed E-state index contributed by atoms with van der Waals surface area (Å²) in [5.74, 6) is 1.52. The number of rotatable bonds is 5. The lowest BCUT2D eigenvalue weighted by Gasteiger charge is -2.13. The number of likely N-dealkylation sites (N-methyl/N-ethyl adjacent to an activating group) is 1. The summed E-state index contributed by atoms with van der Waals surface area (Å²) >= 11 is 0. The number of carbonyl (C=O) groups excluding carboxylic acids is 1. The van der Waals surface area contributed by atoms with Gasteiger partial charge in [0.05, 0.1) is 0 Å². The molecule has 1 fully saturated rings. The standard InChI is InChI=1S/C12H19N5O2/c1-3-19-7-11-15-9(13)6-10(16-11)14-8-4-5-17(2)12(8)18/h6,8H,3-5,7H2,1-2H3,(H3,13,14,15,16). The first-order valence-electron chi connectivity index (χ1n) is 6.33. The van der Waals surface area contributed by atoms with Gasteiger partial charge >= 0.3 is 0 Å². The van der Waals surface area contributed by atoms with Gasteiger partial charge in [-0.1, -0.05) is 0 Å². The summed E-state index contributed by atoms with van der Waals surface area (Å²) in [6, 6.07) is 1.39. The zero-order valence-corrected chi connectivity index (χ0v) is 11.2. The summed E-state index contributed by atoms with van der Waals surface area (Å²) in [7, 11) is 1.79. The summed E-state index contributed by atoms with van der Waals surface area (Å²) in [5.41, 5.74) is 5.73. The van der Waals surface area contributed by atoms with Gasteiger partial charge in [0.1, 0.15) is 24.3 Å². The van der Waals surface area contributed by atoms with Crippen LogP contribution in [0.15, 0.2) is 6.07 Å². The predicted molar refractivity (Wildman–Crippen MR) is 71.4 cm³/mol. The van der Waals surface area contributed by atoms with Crippen LogP contribution in [0.4, 0.5) is 11.6 Å². The summed E-state index contributed by atoms with van der Waals surface area (Å²) < 4.78 is 5.25. The quantitative estimate of drug-likeness (QED) is 0.792. The van der Waals surface area contributed by atoms with Crippen LogP contribution >= 0.6 is 0 Å². The van der Waals surface area contributed by atoms with Crippen molar-refractivity contribution in [2.24, 2.45) is 0 Å². The second-order valence-electron chi connectivity index (χ2n) is 4.48. The molecule has 3 N–H and O–H groups in total. The normalized spacial score (nSPS) is 18.9. The van der Waals surface area contributed by atoms with Crippen molar-refractivity contribution >= 4 is 17.5 Å². The lowest BCUT2D eigenvalue weighted by atomic mass is 10.2. The molecule has 0 radical (unpaired) electrons. The van der Waals surface area contributed by atoms with Gasteiger partial charge in [0.25, 0.3) is 0 Å². The third kappa shape index (κ3) is 3.31. The largest absolute Gasteiger partial charge is 0.384 e. The molecule has 1 aliphatic heterocycles. The van der Waals surface area contributed by atoms with Crippen molar-refractivity contribution in [2.75, 3.05) is 31.2 Å². The van der Waals surface area contributed by atoms with Gasteiger partial charge in [-0.15, -0.1) is 0 Å². The minimum Gasteiger partial charge on any atom is -0.384 e. The van der Waals surface area contributed by atoms with Crippen LogP contribution in [0.1, 0.15) is 19.2 Å². The lowest BCUT2D eigenvalue weighted by molar-refractivity contribution is -0.127. The van der Waals surface area contributed by atoms with E-state index in [0.29, 0.717) is 30.7 Å². The van der Waals surface area contributed by atoms with Gasteiger partial charge in [0.2, 0.25) is 5.91 Å². The number of amides is 1. The first-order chi connectivity index (χ1) is 9.10. The number of anilines is 2. The van der Waals surface area contributed by atoms with E-state index in [9.17, 15) is 4.79 Å². The first-order valence-corrected chi connectivity index (χ1v) is 6.33. The SMILES string of the molecule is CCOCc1nc(N)cc(NC2CCN(C)C2=O)n1. The number of nitrogens with zero attached hydrogens (tertiary/aromatic N) is 3. The molecule has 1 atom stereocenters. The Balaban J connectivity index is 2.07. The number of nitrogens with one attached hydrogen (secondary N) is 1. The molecule has 7 heteroatoms. The highest BCUT2D eigenvalue weighted by Gasteiger charge is 2.29. The number of likely N-dealkylation sites (tertiary alicyclic amines) is 1. The zero-order chi connectivity index (χ0) is 13.8. The van der Waals surface area contributed by atoms with Gasteiger partial charge in [-0.2, -0.15) is 0 Å². The summed E-state index contributed by atoms with van der Waals surface area (Å²) in [6.45, 7) is 3.56. The second-order valence-corrected chi connectivity index (χ2v) is 4.48. The van der Waals surface area contributed by atoms with E-state index >= 15 is 0 Å². The van der Waals surface area contributed by atoms with E-state index in [1.54, 1.807) is 18.0 Å². The molecule has 1 amide bonds. The van der Waals surface area contributed by atoms with Crippen molar-refractivity contribution in [1.29, 1.82) is 0 Å². The molecule has 2 rings (SSSR count). The maximum Gasteiger partial charge on any atom is 0.244 e. The van der Waals surface area contributed by atoms with Crippen LogP contribution in [-0.4, -0.2) is 47.0 Å². The molecular weight excluding hydrogens is 246 g/mol. The number of hydrogen-bond acceptors (Lipinski definition) is 6. The van der Waals surface area contributed by atoms with E-state index in [1.165, 1.54) is 0 Å². The Bertz CT molecular complexity index is 465. The van der Waals surface area contributed by atoms with Crippen LogP contribution in [0, 0.1) is 0 Å². The van der Waals surface area contributed by atoms with Crippen LogP contribution in [0.2, 0.25) is 0 Å². The minimum absolute atomic E-state index is 0.0727. The molecule has 1 aliphatic rings. The van der Waals surface area contributed by atoms with E-state index in [-0.39, 0.29) is 11.9 Å². The Hall–Kier alpha value is -1.89. The van der Waals surface area contributed by atoms with Gasteiger partial charge in [0, 0.05) is 26.3 Å². The summed E-state index contributed by atoms with van der Waals surface area (Å²) in [4.78, 5) is 21.9. The molecule has 0 aliphatic carbocycles. The molecule has 1 saturated heterocycles. The Labute approximate surface area is 112 Å². The maximum absolute atomic E-state index is 11.8. The second kappa shape index (κ2) is 5.83. The van der Waals surface area contributed by atoms with Gasteiger partial charge in [-0.3, -0.25) is 4.79 Å². The highest BCUT2D eigenvalue weighted by atomic mass is 16.5. The number of nitrogen functional groups attached to an aromatic ring is 1. The van der Waals surface area contributed by atoms with E-state index in [0.717, 1.165) is 13.0 Å². The fourth-order valence-electron chi connectivity index (χ4n) is 1.98. The van der Waals surface area contributed by atoms with Gasteiger partial charge in [-0.25, -0.2) is 9.97 Å². The van der Waals surface area contributed by atoms with Gasteiger partial charge in [-0.05, 0) is 13.3 Å². The highest BCUT2D eigenvalue weighted by Crippen LogP contribution is 2.16.